The van der Waals surface area contributed by atoms with Crippen LogP contribution in [0, 0.1) is 0 Å². The third-order valence-electron chi connectivity index (χ3n) is 4.27. The van der Waals surface area contributed by atoms with Gasteiger partial charge in [0, 0.05) is 6.07 Å². The molecule has 0 atom stereocenters. The van der Waals surface area contributed by atoms with Gasteiger partial charge < -0.3 is 14.2 Å². The summed E-state index contributed by atoms with van der Waals surface area (Å²) >= 11 is 0. The fraction of sp³-hybridized carbons (Fsp3) is 0.333. The minimum atomic E-state index is -3.74. The molecule has 2 rings (SSSR count). The maximum Gasteiger partial charge on any atom is 0.260 e. The first-order valence-electron chi connectivity index (χ1n) is 9.45. The third kappa shape index (κ3) is 6.61. The van der Waals surface area contributed by atoms with Crippen LogP contribution in [0.3, 0.4) is 0 Å². The molecular formula is C21H27N3O6S. The molecule has 0 unspecified atom stereocenters. The summed E-state index contributed by atoms with van der Waals surface area (Å²) in [5.41, 5.74) is 4.02. The van der Waals surface area contributed by atoms with Crippen LogP contribution in [0.15, 0.2) is 47.6 Å². The van der Waals surface area contributed by atoms with Crippen LogP contribution in [0.1, 0.15) is 19.4 Å². The number of ether oxygens (including phenoxy) is 3. The fourth-order valence-corrected chi connectivity index (χ4v) is 3.56. The van der Waals surface area contributed by atoms with Gasteiger partial charge >= 0.3 is 0 Å². The fourth-order valence-electron chi connectivity index (χ4n) is 2.72. The van der Waals surface area contributed by atoms with Gasteiger partial charge in [-0.3, -0.25) is 9.10 Å². The summed E-state index contributed by atoms with van der Waals surface area (Å²) in [6.07, 6.45) is 1.02. The molecule has 0 saturated heterocycles. The zero-order valence-electron chi connectivity index (χ0n) is 18.2. The molecule has 168 valence electrons. The van der Waals surface area contributed by atoms with E-state index in [0.717, 1.165) is 21.9 Å². The quantitative estimate of drug-likeness (QED) is 0.441. The Balaban J connectivity index is 2.15. The molecular weight excluding hydrogens is 422 g/mol. The van der Waals surface area contributed by atoms with Crippen molar-refractivity contribution in [2.24, 2.45) is 5.10 Å². The van der Waals surface area contributed by atoms with E-state index in [1.165, 1.54) is 26.4 Å². The van der Waals surface area contributed by atoms with Crippen molar-refractivity contribution in [2.45, 2.75) is 13.8 Å². The van der Waals surface area contributed by atoms with E-state index in [0.29, 0.717) is 23.8 Å². The lowest BCUT2D eigenvalue weighted by Crippen LogP contribution is -2.39. The van der Waals surface area contributed by atoms with Crippen LogP contribution in [0.25, 0.3) is 0 Å². The number of anilines is 1. The average Bonchev–Trinajstić information content (AvgIpc) is 2.75. The van der Waals surface area contributed by atoms with Crippen LogP contribution < -0.4 is 23.9 Å². The van der Waals surface area contributed by atoms with Crippen LogP contribution >= 0.6 is 0 Å². The van der Waals surface area contributed by atoms with Gasteiger partial charge in [-0.2, -0.15) is 5.10 Å². The minimum absolute atomic E-state index is 0.266. The number of hydrazone groups is 1. The Labute approximate surface area is 182 Å². The highest BCUT2D eigenvalue weighted by Crippen LogP contribution is 2.32. The Bertz CT molecular complexity index is 1040. The van der Waals surface area contributed by atoms with E-state index in [4.69, 9.17) is 14.2 Å². The maximum absolute atomic E-state index is 12.4. The van der Waals surface area contributed by atoms with Crippen molar-refractivity contribution in [3.05, 3.63) is 48.0 Å². The van der Waals surface area contributed by atoms with E-state index in [9.17, 15) is 13.2 Å². The number of hydrogen-bond donors (Lipinski definition) is 1. The number of amides is 1. The van der Waals surface area contributed by atoms with E-state index in [2.05, 4.69) is 10.5 Å². The highest BCUT2D eigenvalue weighted by molar-refractivity contribution is 7.92. The van der Waals surface area contributed by atoms with Gasteiger partial charge in [-0.1, -0.05) is 0 Å². The summed E-state index contributed by atoms with van der Waals surface area (Å²) in [6, 6.07) is 11.8. The summed E-state index contributed by atoms with van der Waals surface area (Å²) < 4.78 is 41.3. The lowest BCUT2D eigenvalue weighted by atomic mass is 10.1. The molecule has 2 aromatic rings. The van der Waals surface area contributed by atoms with E-state index in [1.54, 1.807) is 13.0 Å². The zero-order valence-corrected chi connectivity index (χ0v) is 19.0. The molecule has 2 aromatic carbocycles. The number of sulfonamides is 1. The summed E-state index contributed by atoms with van der Waals surface area (Å²) in [6.45, 7) is 3.75. The van der Waals surface area contributed by atoms with E-state index in [-0.39, 0.29) is 5.69 Å². The number of carbonyl (C=O) groups is 1. The summed E-state index contributed by atoms with van der Waals surface area (Å²) in [5.74, 6) is 0.936. The molecule has 0 aromatic heterocycles. The normalized spacial score (nSPS) is 11.6. The molecule has 10 heteroatoms. The van der Waals surface area contributed by atoms with Gasteiger partial charge in [-0.25, -0.2) is 13.8 Å². The van der Waals surface area contributed by atoms with Gasteiger partial charge in [0.25, 0.3) is 5.91 Å². The molecule has 0 bridgehead atoms. The first kappa shape index (κ1) is 24.0. The molecule has 1 N–H and O–H groups in total. The van der Waals surface area contributed by atoms with Crippen LogP contribution in [-0.4, -0.2) is 53.7 Å². The largest absolute Gasteiger partial charge is 0.494 e. The van der Waals surface area contributed by atoms with Gasteiger partial charge in [0.05, 0.1) is 38.5 Å². The van der Waals surface area contributed by atoms with Crippen LogP contribution in [0.2, 0.25) is 0 Å². The number of benzene rings is 2. The van der Waals surface area contributed by atoms with Crippen molar-refractivity contribution in [1.29, 1.82) is 0 Å². The number of nitrogens with zero attached hydrogens (tertiary/aromatic N) is 2. The van der Waals surface area contributed by atoms with Gasteiger partial charge in [-0.05, 0) is 55.8 Å². The molecule has 0 aliphatic rings. The molecule has 0 fully saturated rings. The molecule has 1 amide bonds. The smallest absolute Gasteiger partial charge is 0.260 e. The lowest BCUT2D eigenvalue weighted by molar-refractivity contribution is -0.119. The Hall–Kier alpha value is -3.27. The average molecular weight is 450 g/mol. The molecule has 0 saturated carbocycles. The second-order valence-electron chi connectivity index (χ2n) is 6.50. The molecule has 9 nitrogen and oxygen atoms in total. The number of hydrogen-bond acceptors (Lipinski definition) is 7. The molecule has 0 spiro atoms. The molecule has 0 aliphatic heterocycles. The second kappa shape index (κ2) is 10.7. The molecule has 31 heavy (non-hydrogen) atoms. The highest BCUT2D eigenvalue weighted by Gasteiger charge is 2.22. The Kier molecular flexibility index (Phi) is 8.26. The van der Waals surface area contributed by atoms with Gasteiger partial charge in [0.1, 0.15) is 12.3 Å². The van der Waals surface area contributed by atoms with E-state index < -0.39 is 22.5 Å². The SMILES string of the molecule is CCOc1ccc(/C(C)=N\NC(=O)CN(c2ccc(OC)c(OC)c2)S(C)(=O)=O)cc1. The molecule has 0 aliphatic carbocycles. The number of carbonyl (C=O) groups excluding carboxylic acids is 1. The second-order valence-corrected chi connectivity index (χ2v) is 8.41. The molecule has 0 heterocycles. The Morgan fingerprint density at radius 3 is 2.26 bits per heavy atom. The topological polar surface area (TPSA) is 107 Å². The van der Waals surface area contributed by atoms with Crippen molar-refractivity contribution in [1.82, 2.24) is 5.43 Å². The van der Waals surface area contributed by atoms with Crippen LogP contribution in [0.4, 0.5) is 5.69 Å². The predicted molar refractivity (Wildman–Crippen MR) is 120 cm³/mol. The first-order valence-corrected chi connectivity index (χ1v) is 11.3. The standard InChI is InChI=1S/C21H27N3O6S/c1-6-30-18-10-7-16(8-11-18)15(2)22-23-21(25)14-24(31(5,26)27)17-9-12-19(28-3)20(13-17)29-4/h7-13H,6,14H2,1-5H3,(H,23,25)/b22-15-. The predicted octanol–water partition coefficient (Wildman–Crippen LogP) is 2.41. The first-order chi connectivity index (χ1) is 14.7. The third-order valence-corrected chi connectivity index (χ3v) is 5.41. The maximum atomic E-state index is 12.4. The van der Waals surface area contributed by atoms with Gasteiger partial charge in [0.2, 0.25) is 10.0 Å². The van der Waals surface area contributed by atoms with Crippen LogP contribution in [-0.2, 0) is 14.8 Å². The summed E-state index contributed by atoms with van der Waals surface area (Å²) in [7, 11) is -0.827. The van der Waals surface area contributed by atoms with Crippen molar-refractivity contribution in [2.75, 3.05) is 37.9 Å². The number of rotatable bonds is 10. The lowest BCUT2D eigenvalue weighted by Gasteiger charge is -2.22. The van der Waals surface area contributed by atoms with Crippen molar-refractivity contribution >= 4 is 27.3 Å². The zero-order chi connectivity index (χ0) is 23.0. The van der Waals surface area contributed by atoms with E-state index >= 15 is 0 Å². The Morgan fingerprint density at radius 2 is 1.71 bits per heavy atom. The van der Waals surface area contributed by atoms with Gasteiger partial charge in [0.15, 0.2) is 11.5 Å². The molecule has 0 radical (unpaired) electrons. The van der Waals surface area contributed by atoms with Crippen molar-refractivity contribution < 1.29 is 27.4 Å². The van der Waals surface area contributed by atoms with Gasteiger partial charge in [-0.15, -0.1) is 0 Å². The van der Waals surface area contributed by atoms with E-state index in [1.807, 2.05) is 31.2 Å². The summed E-state index contributed by atoms with van der Waals surface area (Å²) in [5, 5.41) is 4.07. The summed E-state index contributed by atoms with van der Waals surface area (Å²) in [4.78, 5) is 12.4. The van der Waals surface area contributed by atoms with Crippen molar-refractivity contribution in [3.63, 3.8) is 0 Å². The van der Waals surface area contributed by atoms with Crippen LogP contribution in [0.5, 0.6) is 17.2 Å². The highest BCUT2D eigenvalue weighted by atomic mass is 32.2. The van der Waals surface area contributed by atoms with Crippen molar-refractivity contribution in [3.8, 4) is 17.2 Å². The Morgan fingerprint density at radius 1 is 1.06 bits per heavy atom. The minimum Gasteiger partial charge on any atom is -0.494 e. The monoisotopic (exact) mass is 449 g/mol. The number of methoxy groups -OCH3 is 2. The number of nitrogens with one attached hydrogen (secondary N) is 1.